The smallest absolute Gasteiger partial charge is 0.243 e. The third-order valence-corrected chi connectivity index (χ3v) is 8.60. The molecule has 1 N–H and O–H groups in total. The number of nitrogens with one attached hydrogen (secondary N) is 1. The van der Waals surface area contributed by atoms with Crippen molar-refractivity contribution in [2.45, 2.75) is 44.0 Å². The summed E-state index contributed by atoms with van der Waals surface area (Å²) in [5, 5.41) is 3.00. The Morgan fingerprint density at radius 2 is 1.67 bits per heavy atom. The lowest BCUT2D eigenvalue weighted by Crippen LogP contribution is -2.37. The summed E-state index contributed by atoms with van der Waals surface area (Å²) >= 11 is 0. The highest BCUT2D eigenvalue weighted by molar-refractivity contribution is 7.89. The summed E-state index contributed by atoms with van der Waals surface area (Å²) in [6.45, 7) is 5.41. The van der Waals surface area contributed by atoms with E-state index in [2.05, 4.69) is 12.2 Å². The number of amides is 2. The Kier molecular flexibility index (Phi) is 6.86. The Balaban J connectivity index is 1.40. The van der Waals surface area contributed by atoms with E-state index in [0.717, 1.165) is 18.4 Å². The molecular weight excluding hydrogens is 438 g/mol. The Labute approximate surface area is 195 Å². The van der Waals surface area contributed by atoms with Gasteiger partial charge in [0.1, 0.15) is 0 Å². The van der Waals surface area contributed by atoms with Crippen LogP contribution in [0.2, 0.25) is 0 Å². The van der Waals surface area contributed by atoms with Gasteiger partial charge in [-0.3, -0.25) is 9.59 Å². The van der Waals surface area contributed by atoms with Crippen LogP contribution in [0, 0.1) is 11.8 Å². The standard InChI is InChI=1S/C25H31N3O4S/c1-18-12-14-27(15-13-18)33(31,32)23-10-8-22(9-11-23)28-17-21(16-24(28)29)25(30)26-19(2)20-6-4-3-5-7-20/h3-11,18-19,21H,12-17H2,1-2H3,(H,26,30)/t19-,21+/m1/s1. The molecule has 0 bridgehead atoms. The van der Waals surface area contributed by atoms with Gasteiger partial charge in [0.2, 0.25) is 21.8 Å². The molecule has 4 rings (SSSR count). The first-order valence-corrected chi connectivity index (χ1v) is 13.0. The normalized spacial score (nSPS) is 21.2. The summed E-state index contributed by atoms with van der Waals surface area (Å²) in [4.78, 5) is 27.2. The van der Waals surface area contributed by atoms with Gasteiger partial charge in [-0.1, -0.05) is 37.3 Å². The van der Waals surface area contributed by atoms with Crippen molar-refractivity contribution in [1.29, 1.82) is 0 Å². The van der Waals surface area contributed by atoms with Crippen molar-refractivity contribution < 1.29 is 18.0 Å². The van der Waals surface area contributed by atoms with Crippen molar-refractivity contribution in [3.63, 3.8) is 0 Å². The molecule has 2 atom stereocenters. The molecule has 0 unspecified atom stereocenters. The van der Waals surface area contributed by atoms with Crippen molar-refractivity contribution in [2.24, 2.45) is 11.8 Å². The van der Waals surface area contributed by atoms with Gasteiger partial charge in [-0.15, -0.1) is 0 Å². The zero-order valence-corrected chi connectivity index (χ0v) is 19.9. The molecule has 2 amide bonds. The van der Waals surface area contributed by atoms with E-state index in [1.54, 1.807) is 29.2 Å². The van der Waals surface area contributed by atoms with Crippen LogP contribution in [0.1, 0.15) is 44.7 Å². The number of sulfonamides is 1. The molecule has 2 saturated heterocycles. The van der Waals surface area contributed by atoms with E-state index in [1.165, 1.54) is 4.31 Å². The SMILES string of the molecule is CC1CCN(S(=O)(=O)c2ccc(N3C[C@@H](C(=O)N[C@H](C)c4ccccc4)CC3=O)cc2)CC1. The maximum atomic E-state index is 12.9. The molecule has 33 heavy (non-hydrogen) atoms. The molecule has 2 fully saturated rings. The van der Waals surface area contributed by atoms with Crippen LogP contribution in [-0.2, 0) is 19.6 Å². The van der Waals surface area contributed by atoms with Gasteiger partial charge >= 0.3 is 0 Å². The second-order valence-corrected chi connectivity index (χ2v) is 11.1. The van der Waals surface area contributed by atoms with Crippen molar-refractivity contribution >= 4 is 27.5 Å². The van der Waals surface area contributed by atoms with Crippen LogP contribution in [0.15, 0.2) is 59.5 Å². The number of benzene rings is 2. The predicted molar refractivity (Wildman–Crippen MR) is 127 cm³/mol. The van der Waals surface area contributed by atoms with Gasteiger partial charge in [0.25, 0.3) is 0 Å². The van der Waals surface area contributed by atoms with Crippen LogP contribution in [0.4, 0.5) is 5.69 Å². The fourth-order valence-electron chi connectivity index (χ4n) is 4.46. The molecule has 176 valence electrons. The molecule has 8 heteroatoms. The fourth-order valence-corrected chi connectivity index (χ4v) is 5.93. The highest BCUT2D eigenvalue weighted by Crippen LogP contribution is 2.29. The van der Waals surface area contributed by atoms with E-state index in [-0.39, 0.29) is 35.7 Å². The number of carbonyl (C=O) groups is 2. The summed E-state index contributed by atoms with van der Waals surface area (Å²) in [6, 6.07) is 16.0. The van der Waals surface area contributed by atoms with Crippen molar-refractivity contribution in [2.75, 3.05) is 24.5 Å². The maximum absolute atomic E-state index is 12.9. The summed E-state index contributed by atoms with van der Waals surface area (Å²) in [5.74, 6) is -0.188. The van der Waals surface area contributed by atoms with Crippen LogP contribution in [0.25, 0.3) is 0 Å². The zero-order chi connectivity index (χ0) is 23.6. The number of nitrogens with zero attached hydrogens (tertiary/aromatic N) is 2. The van der Waals surface area contributed by atoms with Gasteiger partial charge in [0.15, 0.2) is 0 Å². The Morgan fingerprint density at radius 1 is 1.03 bits per heavy atom. The topological polar surface area (TPSA) is 86.8 Å². The van der Waals surface area contributed by atoms with Gasteiger partial charge in [0, 0.05) is 31.7 Å². The number of anilines is 1. The minimum atomic E-state index is -3.54. The van der Waals surface area contributed by atoms with Crippen molar-refractivity contribution in [1.82, 2.24) is 9.62 Å². The zero-order valence-electron chi connectivity index (χ0n) is 19.1. The molecular formula is C25H31N3O4S. The molecule has 2 heterocycles. The van der Waals surface area contributed by atoms with Crippen LogP contribution in [0.5, 0.6) is 0 Å². The highest BCUT2D eigenvalue weighted by atomic mass is 32.2. The largest absolute Gasteiger partial charge is 0.349 e. The molecule has 0 aromatic heterocycles. The van der Waals surface area contributed by atoms with E-state index in [0.29, 0.717) is 24.7 Å². The summed E-state index contributed by atoms with van der Waals surface area (Å²) < 4.78 is 27.4. The number of piperidine rings is 1. The molecule has 0 spiro atoms. The Bertz CT molecular complexity index is 1090. The quantitative estimate of drug-likeness (QED) is 0.703. The minimum absolute atomic E-state index is 0.136. The summed E-state index contributed by atoms with van der Waals surface area (Å²) in [6.07, 6.45) is 1.87. The van der Waals surface area contributed by atoms with E-state index < -0.39 is 15.9 Å². The Morgan fingerprint density at radius 3 is 2.30 bits per heavy atom. The third-order valence-electron chi connectivity index (χ3n) is 6.68. The molecule has 2 aromatic rings. The molecule has 0 aliphatic carbocycles. The molecule has 0 radical (unpaired) electrons. The number of carbonyl (C=O) groups excluding carboxylic acids is 2. The summed E-state index contributed by atoms with van der Waals surface area (Å²) in [7, 11) is -3.54. The van der Waals surface area contributed by atoms with Crippen LogP contribution >= 0.6 is 0 Å². The van der Waals surface area contributed by atoms with Crippen molar-refractivity contribution in [3.05, 3.63) is 60.2 Å². The van der Waals surface area contributed by atoms with Crippen LogP contribution in [0.3, 0.4) is 0 Å². The first kappa shape index (κ1) is 23.4. The van der Waals surface area contributed by atoms with E-state index in [9.17, 15) is 18.0 Å². The number of hydrogen-bond acceptors (Lipinski definition) is 4. The lowest BCUT2D eigenvalue weighted by atomic mass is 10.0. The first-order valence-electron chi connectivity index (χ1n) is 11.5. The molecule has 7 nitrogen and oxygen atoms in total. The second-order valence-electron chi connectivity index (χ2n) is 9.13. The van der Waals surface area contributed by atoms with Gasteiger partial charge in [0.05, 0.1) is 16.9 Å². The van der Waals surface area contributed by atoms with Gasteiger partial charge < -0.3 is 10.2 Å². The average molecular weight is 470 g/mol. The monoisotopic (exact) mass is 469 g/mol. The number of rotatable bonds is 6. The van der Waals surface area contributed by atoms with E-state index in [4.69, 9.17) is 0 Å². The van der Waals surface area contributed by atoms with E-state index >= 15 is 0 Å². The van der Waals surface area contributed by atoms with Crippen LogP contribution < -0.4 is 10.2 Å². The second kappa shape index (κ2) is 9.65. The van der Waals surface area contributed by atoms with Gasteiger partial charge in [-0.05, 0) is 55.5 Å². The first-order chi connectivity index (χ1) is 15.8. The predicted octanol–water partition coefficient (Wildman–Crippen LogP) is 3.34. The highest BCUT2D eigenvalue weighted by Gasteiger charge is 2.36. The fraction of sp³-hybridized carbons (Fsp3) is 0.440. The van der Waals surface area contributed by atoms with Crippen molar-refractivity contribution in [3.8, 4) is 0 Å². The van der Waals surface area contributed by atoms with Crippen LogP contribution in [-0.4, -0.2) is 44.2 Å². The average Bonchev–Trinajstić information content (AvgIpc) is 3.22. The Hall–Kier alpha value is -2.71. The third kappa shape index (κ3) is 5.12. The molecule has 2 aliphatic heterocycles. The lowest BCUT2D eigenvalue weighted by molar-refractivity contribution is -0.126. The van der Waals surface area contributed by atoms with E-state index in [1.807, 2.05) is 37.3 Å². The van der Waals surface area contributed by atoms with Gasteiger partial charge in [-0.25, -0.2) is 8.42 Å². The van der Waals surface area contributed by atoms with Gasteiger partial charge in [-0.2, -0.15) is 4.31 Å². The molecule has 2 aliphatic rings. The molecule has 2 aromatic carbocycles. The number of hydrogen-bond donors (Lipinski definition) is 1. The lowest BCUT2D eigenvalue weighted by Gasteiger charge is -2.29. The minimum Gasteiger partial charge on any atom is -0.349 e. The molecule has 0 saturated carbocycles. The summed E-state index contributed by atoms with van der Waals surface area (Å²) in [5.41, 5.74) is 1.62. The maximum Gasteiger partial charge on any atom is 0.243 e.